The van der Waals surface area contributed by atoms with Gasteiger partial charge in [-0.3, -0.25) is 49.9 Å². The van der Waals surface area contributed by atoms with Crippen molar-refractivity contribution in [3.8, 4) is 0 Å². The second-order valence-electron chi connectivity index (χ2n) is 14.5. The van der Waals surface area contributed by atoms with Crippen LogP contribution in [-0.2, 0) is 59.5 Å². The number of quaternary nitrogens is 1. The van der Waals surface area contributed by atoms with E-state index in [0.29, 0.717) is 45.2 Å². The van der Waals surface area contributed by atoms with Crippen LogP contribution in [0.5, 0.6) is 0 Å². The van der Waals surface area contributed by atoms with Crippen LogP contribution in [0.2, 0.25) is 0 Å². The molecule has 0 aromatic heterocycles. The van der Waals surface area contributed by atoms with Crippen LogP contribution in [0, 0.1) is 40.5 Å². The fraction of sp³-hybridized carbons (Fsp3) is 0.182. The molecule has 2 N–H and O–H groups in total. The molecular formula is C44H46N6O14S2. The number of non-ortho nitro benzene ring substituents is 4. The van der Waals surface area contributed by atoms with Gasteiger partial charge in [0.05, 0.1) is 36.1 Å². The highest BCUT2D eigenvalue weighted by Gasteiger charge is 2.15. The quantitative estimate of drug-likeness (QED) is 0.0582. The van der Waals surface area contributed by atoms with Crippen LogP contribution in [0.4, 0.5) is 22.7 Å². The average molecular weight is 947 g/mol. The molecule has 0 radical (unpaired) electrons. The van der Waals surface area contributed by atoms with Crippen LogP contribution >= 0.6 is 0 Å². The summed E-state index contributed by atoms with van der Waals surface area (Å²) in [6.07, 6.45) is 1.32. The van der Waals surface area contributed by atoms with Crippen LogP contribution in [-0.4, -0.2) is 63.0 Å². The molecule has 0 atom stereocenters. The number of rotatable bonds is 16. The Morgan fingerprint density at radius 1 is 0.424 bits per heavy atom. The first kappa shape index (κ1) is 53.0. The highest BCUT2D eigenvalue weighted by molar-refractivity contribution is 7.85. The molecule has 6 aromatic carbocycles. The van der Waals surface area contributed by atoms with Crippen LogP contribution in [0.15, 0.2) is 158 Å². The van der Waals surface area contributed by atoms with Gasteiger partial charge in [-0.15, -0.1) is 0 Å². The van der Waals surface area contributed by atoms with E-state index in [2.05, 4.69) is 17.0 Å². The maximum absolute atomic E-state index is 10.8. The lowest BCUT2D eigenvalue weighted by Gasteiger charge is -2.23. The molecule has 6 aromatic rings. The fourth-order valence-electron chi connectivity index (χ4n) is 6.09. The van der Waals surface area contributed by atoms with Crippen LogP contribution in [0.1, 0.15) is 33.4 Å². The van der Waals surface area contributed by atoms with Crippen molar-refractivity contribution in [1.82, 2.24) is 4.90 Å². The SMILES string of the molecule is CS(=O)(=O)O.CS(=O)(=O)[O-].O=[N+]([O-])c1ccc(CN(Cc2ccccc2)Cc2ccc([N+](=O)[O-])cc2)cc1.O=[N+]([O-])c1ccc(C[NH+](Cc2ccccc2)Cc2ccc([N+](=O)[O-])cc2)cc1. The van der Waals surface area contributed by atoms with Gasteiger partial charge in [0, 0.05) is 91.1 Å². The average Bonchev–Trinajstić information content (AvgIpc) is 3.24. The first-order valence-electron chi connectivity index (χ1n) is 19.4. The van der Waals surface area contributed by atoms with Gasteiger partial charge in [-0.05, 0) is 41.0 Å². The van der Waals surface area contributed by atoms with Crippen molar-refractivity contribution >= 4 is 43.0 Å². The molecular weight excluding hydrogens is 901 g/mol. The number of hydrogen-bond acceptors (Lipinski definition) is 14. The van der Waals surface area contributed by atoms with Gasteiger partial charge in [0.25, 0.3) is 32.9 Å². The minimum atomic E-state index is -3.92. The molecule has 0 fully saturated rings. The zero-order valence-corrected chi connectivity index (χ0v) is 37.2. The van der Waals surface area contributed by atoms with Gasteiger partial charge in [-0.25, -0.2) is 8.42 Å². The Kier molecular flexibility index (Phi) is 20.7. The number of nitrogens with one attached hydrogen (secondary N) is 1. The van der Waals surface area contributed by atoms with Crippen molar-refractivity contribution in [1.29, 1.82) is 0 Å². The number of nitrogens with zero attached hydrogens (tertiary/aromatic N) is 5. The minimum absolute atomic E-state index is 0.0636. The lowest BCUT2D eigenvalue weighted by atomic mass is 10.1. The van der Waals surface area contributed by atoms with Gasteiger partial charge in [-0.2, -0.15) is 8.42 Å². The largest absolute Gasteiger partial charge is 0.748 e. The van der Waals surface area contributed by atoms with Crippen molar-refractivity contribution in [2.24, 2.45) is 0 Å². The van der Waals surface area contributed by atoms with E-state index in [1.165, 1.54) is 59.0 Å². The molecule has 0 amide bonds. The highest BCUT2D eigenvalue weighted by Crippen LogP contribution is 2.19. The molecule has 0 aliphatic carbocycles. The van der Waals surface area contributed by atoms with E-state index in [4.69, 9.17) is 17.5 Å². The zero-order chi connectivity index (χ0) is 48.9. The zero-order valence-electron chi connectivity index (χ0n) is 35.6. The Balaban J connectivity index is 0.000000291. The number of hydrogen-bond donors (Lipinski definition) is 2. The second kappa shape index (κ2) is 25.8. The molecule has 0 saturated carbocycles. The predicted molar refractivity (Wildman–Crippen MR) is 243 cm³/mol. The molecule has 0 unspecified atom stereocenters. The summed E-state index contributed by atoms with van der Waals surface area (Å²) in [5, 5.41) is 43.4. The van der Waals surface area contributed by atoms with Crippen LogP contribution in [0.3, 0.4) is 0 Å². The summed E-state index contributed by atoms with van der Waals surface area (Å²) in [5.74, 6) is 0. The number of nitro groups is 4. The Bertz CT molecular complexity index is 2390. The van der Waals surface area contributed by atoms with E-state index in [1.54, 1.807) is 48.5 Å². The standard InChI is InChI=1S/2C21H19N3O4.2CH4O3S/c2*25-23(26)20-10-6-18(7-11-20)15-22(14-17-4-2-1-3-5-17)16-19-8-12-21(13-9-19)24(27)28;2*1-5(2,3)4/h2*1-13H,14-16H2;2*1H3,(H,2,3,4). The topological polar surface area (TPSA) is 292 Å². The first-order valence-corrected chi connectivity index (χ1v) is 23.1. The lowest BCUT2D eigenvalue weighted by molar-refractivity contribution is -0.941. The molecule has 22 heteroatoms. The van der Waals surface area contributed by atoms with Gasteiger partial charge in [-0.1, -0.05) is 84.9 Å². The lowest BCUT2D eigenvalue weighted by Crippen LogP contribution is -3.08. The van der Waals surface area contributed by atoms with Crippen molar-refractivity contribution in [3.63, 3.8) is 0 Å². The number of nitro benzene ring substituents is 4. The van der Waals surface area contributed by atoms with Gasteiger partial charge in [0.2, 0.25) is 0 Å². The maximum Gasteiger partial charge on any atom is 0.269 e. The maximum atomic E-state index is 10.8. The molecule has 6 rings (SSSR count). The van der Waals surface area contributed by atoms with Crippen molar-refractivity contribution in [2.45, 2.75) is 39.3 Å². The third kappa shape index (κ3) is 22.3. The van der Waals surface area contributed by atoms with E-state index in [-0.39, 0.29) is 22.7 Å². The van der Waals surface area contributed by atoms with E-state index in [0.717, 1.165) is 34.4 Å². The van der Waals surface area contributed by atoms with Gasteiger partial charge in [0.1, 0.15) is 19.6 Å². The summed E-state index contributed by atoms with van der Waals surface area (Å²) in [7, 11) is -7.58. The van der Waals surface area contributed by atoms with Crippen LogP contribution < -0.4 is 4.90 Å². The monoisotopic (exact) mass is 946 g/mol. The smallest absolute Gasteiger partial charge is 0.269 e. The Labute approximate surface area is 380 Å². The van der Waals surface area contributed by atoms with E-state index >= 15 is 0 Å². The third-order valence-electron chi connectivity index (χ3n) is 8.86. The summed E-state index contributed by atoms with van der Waals surface area (Å²) in [5.41, 5.74) is 6.52. The molecule has 0 aliphatic rings. The van der Waals surface area contributed by atoms with Crippen molar-refractivity contribution < 1.29 is 50.5 Å². The molecule has 348 valence electrons. The van der Waals surface area contributed by atoms with Crippen molar-refractivity contribution in [3.05, 3.63) is 232 Å². The molecule has 66 heavy (non-hydrogen) atoms. The van der Waals surface area contributed by atoms with E-state index in [9.17, 15) is 48.9 Å². The Hall–Kier alpha value is -7.34. The summed E-state index contributed by atoms with van der Waals surface area (Å²) in [4.78, 5) is 45.1. The highest BCUT2D eigenvalue weighted by atomic mass is 32.2. The summed E-state index contributed by atoms with van der Waals surface area (Å²) in [6, 6.07) is 46.3. The summed E-state index contributed by atoms with van der Waals surface area (Å²) < 4.78 is 53.1. The second-order valence-corrected chi connectivity index (χ2v) is 17.4. The Morgan fingerprint density at radius 2 is 0.621 bits per heavy atom. The van der Waals surface area contributed by atoms with Crippen LogP contribution in [0.25, 0.3) is 0 Å². The summed E-state index contributed by atoms with van der Waals surface area (Å²) >= 11 is 0. The fourth-order valence-corrected chi connectivity index (χ4v) is 6.09. The first-order chi connectivity index (χ1) is 31.0. The normalized spacial score (nSPS) is 10.9. The third-order valence-corrected chi connectivity index (χ3v) is 8.86. The van der Waals surface area contributed by atoms with Gasteiger partial charge >= 0.3 is 0 Å². The molecule has 0 saturated heterocycles. The molecule has 0 bridgehead atoms. The molecule has 20 nitrogen and oxygen atoms in total. The van der Waals surface area contributed by atoms with Gasteiger partial charge < -0.3 is 9.45 Å². The summed E-state index contributed by atoms with van der Waals surface area (Å²) in [6.45, 7) is 4.03. The van der Waals surface area contributed by atoms with Gasteiger partial charge in [0.15, 0.2) is 0 Å². The number of benzene rings is 6. The molecule has 0 aliphatic heterocycles. The minimum Gasteiger partial charge on any atom is -0.748 e. The molecule has 0 spiro atoms. The molecule has 0 heterocycles. The van der Waals surface area contributed by atoms with Crippen molar-refractivity contribution in [2.75, 3.05) is 12.5 Å². The van der Waals surface area contributed by atoms with E-state index < -0.39 is 39.9 Å². The predicted octanol–water partition coefficient (Wildman–Crippen LogP) is 6.66. The van der Waals surface area contributed by atoms with E-state index in [1.807, 2.05) is 48.5 Å². The Morgan fingerprint density at radius 3 is 0.864 bits per heavy atom.